The normalized spacial score (nSPS) is 11.8. The number of carbonyl (C=O) groups excluding carboxylic acids is 1. The number of benzene rings is 2. The fourth-order valence-electron chi connectivity index (χ4n) is 2.39. The van der Waals surface area contributed by atoms with E-state index in [1.807, 2.05) is 0 Å². The fraction of sp³-hybridized carbons (Fsp3) is 0.235. The first kappa shape index (κ1) is 22.1. The number of carbonyl (C=O) groups is 1. The number of alkyl halides is 3. The average Bonchev–Trinajstić information content (AvgIpc) is 2.65. The van der Waals surface area contributed by atoms with Crippen LogP contribution in [0.4, 0.5) is 24.5 Å². The Morgan fingerprint density at radius 1 is 1.17 bits per heavy atom. The summed E-state index contributed by atoms with van der Waals surface area (Å²) in [6, 6.07) is 6.22. The van der Waals surface area contributed by atoms with E-state index in [0.29, 0.717) is 16.4 Å². The molecule has 2 aromatic carbocycles. The van der Waals surface area contributed by atoms with Crippen molar-refractivity contribution in [3.05, 3.63) is 63.7 Å². The maximum absolute atomic E-state index is 13.0. The van der Waals surface area contributed by atoms with E-state index in [2.05, 4.69) is 4.74 Å². The van der Waals surface area contributed by atoms with Crippen LogP contribution in [0.2, 0.25) is 0 Å². The predicted octanol–water partition coefficient (Wildman–Crippen LogP) is 3.29. The van der Waals surface area contributed by atoms with Crippen molar-refractivity contribution in [2.45, 2.75) is 18.0 Å². The molecule has 8 nitrogen and oxygen atoms in total. The van der Waals surface area contributed by atoms with Crippen LogP contribution < -0.4 is 4.31 Å². The number of hydrogen-bond acceptors (Lipinski definition) is 6. The third-order valence-electron chi connectivity index (χ3n) is 3.95. The van der Waals surface area contributed by atoms with Crippen molar-refractivity contribution in [1.82, 2.24) is 0 Å². The maximum atomic E-state index is 13.0. The van der Waals surface area contributed by atoms with Gasteiger partial charge in [-0.15, -0.1) is 0 Å². The second-order valence-electron chi connectivity index (χ2n) is 5.84. The molecule has 0 spiro atoms. The number of hydrogen-bond donors (Lipinski definition) is 0. The highest BCUT2D eigenvalue weighted by Crippen LogP contribution is 2.32. The lowest BCUT2D eigenvalue weighted by atomic mass is 10.2. The average molecular weight is 432 g/mol. The van der Waals surface area contributed by atoms with Gasteiger partial charge in [-0.05, 0) is 37.3 Å². The van der Waals surface area contributed by atoms with E-state index in [0.717, 1.165) is 31.4 Å². The minimum absolute atomic E-state index is 0.211. The lowest BCUT2D eigenvalue weighted by Crippen LogP contribution is -2.36. The summed E-state index contributed by atoms with van der Waals surface area (Å²) in [5.41, 5.74) is -1.51. The van der Waals surface area contributed by atoms with E-state index >= 15 is 0 Å². The van der Waals surface area contributed by atoms with Crippen LogP contribution in [-0.2, 0) is 25.7 Å². The quantitative estimate of drug-likeness (QED) is 0.394. The Hall–Kier alpha value is -3.15. The van der Waals surface area contributed by atoms with Gasteiger partial charge in [-0.2, -0.15) is 13.2 Å². The van der Waals surface area contributed by atoms with Gasteiger partial charge in [0.1, 0.15) is 6.54 Å². The third-order valence-corrected chi connectivity index (χ3v) is 5.72. The van der Waals surface area contributed by atoms with Gasteiger partial charge >= 0.3 is 12.1 Å². The van der Waals surface area contributed by atoms with Gasteiger partial charge in [-0.3, -0.25) is 19.2 Å². The Labute approximate surface area is 163 Å². The molecule has 0 amide bonds. The van der Waals surface area contributed by atoms with Crippen LogP contribution in [0.3, 0.4) is 0 Å². The molecule has 0 heterocycles. The van der Waals surface area contributed by atoms with Gasteiger partial charge in [0.25, 0.3) is 15.7 Å². The van der Waals surface area contributed by atoms with Crippen LogP contribution >= 0.6 is 0 Å². The molecule has 0 unspecified atom stereocenters. The van der Waals surface area contributed by atoms with Crippen molar-refractivity contribution in [1.29, 1.82) is 0 Å². The van der Waals surface area contributed by atoms with E-state index in [4.69, 9.17) is 0 Å². The number of halogens is 3. The number of nitrogens with zero attached hydrogens (tertiary/aromatic N) is 2. The van der Waals surface area contributed by atoms with Crippen molar-refractivity contribution in [2.24, 2.45) is 0 Å². The van der Waals surface area contributed by atoms with Gasteiger partial charge in [0, 0.05) is 11.6 Å². The molecular weight excluding hydrogens is 417 g/mol. The molecule has 12 heteroatoms. The Kier molecular flexibility index (Phi) is 6.16. The van der Waals surface area contributed by atoms with Crippen molar-refractivity contribution in [3.63, 3.8) is 0 Å². The molecule has 0 atom stereocenters. The van der Waals surface area contributed by atoms with Crippen LogP contribution in [0.5, 0.6) is 0 Å². The van der Waals surface area contributed by atoms with Gasteiger partial charge < -0.3 is 4.74 Å². The number of methoxy groups -OCH3 is 1. The van der Waals surface area contributed by atoms with Crippen molar-refractivity contribution in [3.8, 4) is 0 Å². The summed E-state index contributed by atoms with van der Waals surface area (Å²) in [7, 11) is -3.52. The molecule has 156 valence electrons. The van der Waals surface area contributed by atoms with Gasteiger partial charge in [-0.25, -0.2) is 8.42 Å². The zero-order valence-electron chi connectivity index (χ0n) is 15.1. The van der Waals surface area contributed by atoms with E-state index < -0.39 is 49.8 Å². The molecule has 0 saturated heterocycles. The van der Waals surface area contributed by atoms with Crippen LogP contribution in [0, 0.1) is 17.0 Å². The summed E-state index contributed by atoms with van der Waals surface area (Å²) in [6.07, 6.45) is -4.64. The van der Waals surface area contributed by atoms with Gasteiger partial charge in [0.15, 0.2) is 0 Å². The first-order valence-corrected chi connectivity index (χ1v) is 9.34. The van der Waals surface area contributed by atoms with Gasteiger partial charge in [-0.1, -0.05) is 6.07 Å². The number of ether oxygens (including phenoxy) is 1. The molecule has 0 saturated carbocycles. The molecule has 0 fully saturated rings. The standard InChI is InChI=1S/C17H15F3N2O6S/c1-11-3-8-14(9-15(11)22(24)25)29(26,27)21(10-16(23)28-2)13-6-4-12(5-7-13)17(18,19)20/h3-9H,10H2,1-2H3. The van der Waals surface area contributed by atoms with E-state index in [9.17, 15) is 36.5 Å². The highest BCUT2D eigenvalue weighted by molar-refractivity contribution is 7.92. The molecule has 0 radical (unpaired) electrons. The molecule has 0 aliphatic rings. The van der Waals surface area contributed by atoms with E-state index in [-0.39, 0.29) is 11.3 Å². The third kappa shape index (κ3) is 4.83. The fourth-order valence-corrected chi connectivity index (χ4v) is 3.82. The smallest absolute Gasteiger partial charge is 0.416 e. The zero-order valence-corrected chi connectivity index (χ0v) is 16.0. The van der Waals surface area contributed by atoms with Crippen molar-refractivity contribution >= 4 is 27.4 Å². The minimum atomic E-state index is -4.64. The highest BCUT2D eigenvalue weighted by atomic mass is 32.2. The van der Waals surface area contributed by atoms with Gasteiger partial charge in [0.05, 0.1) is 28.2 Å². The number of rotatable bonds is 6. The lowest BCUT2D eigenvalue weighted by Gasteiger charge is -2.23. The number of esters is 1. The van der Waals surface area contributed by atoms with E-state index in [1.54, 1.807) is 0 Å². The van der Waals surface area contributed by atoms with Crippen LogP contribution in [-0.4, -0.2) is 33.0 Å². The number of anilines is 1. The Balaban J connectivity index is 2.58. The number of nitro groups is 1. The summed E-state index contributed by atoms with van der Waals surface area (Å²) in [5, 5.41) is 11.1. The number of sulfonamides is 1. The minimum Gasteiger partial charge on any atom is -0.468 e. The second-order valence-corrected chi connectivity index (χ2v) is 7.70. The summed E-state index contributed by atoms with van der Waals surface area (Å²) in [6.45, 7) is 0.572. The summed E-state index contributed by atoms with van der Waals surface area (Å²) in [4.78, 5) is 21.6. The van der Waals surface area contributed by atoms with Crippen LogP contribution in [0.15, 0.2) is 47.4 Å². The summed E-state index contributed by atoms with van der Waals surface area (Å²) in [5.74, 6) is -0.977. The first-order chi connectivity index (χ1) is 13.4. The molecular formula is C17H15F3N2O6S. The topological polar surface area (TPSA) is 107 Å². The first-order valence-electron chi connectivity index (χ1n) is 7.90. The van der Waals surface area contributed by atoms with E-state index in [1.165, 1.54) is 13.0 Å². The summed E-state index contributed by atoms with van der Waals surface area (Å²) < 4.78 is 69.3. The zero-order chi connectivity index (χ0) is 22.0. The SMILES string of the molecule is COC(=O)CN(c1ccc(C(F)(F)F)cc1)S(=O)(=O)c1ccc(C)c([N+](=O)[O-])c1. The number of aryl methyl sites for hydroxylation is 1. The second kappa shape index (κ2) is 8.07. The van der Waals surface area contributed by atoms with Crippen molar-refractivity contribution < 1.29 is 36.0 Å². The molecule has 2 rings (SSSR count). The Morgan fingerprint density at radius 2 is 1.76 bits per heavy atom. The summed E-state index contributed by atoms with van der Waals surface area (Å²) >= 11 is 0. The van der Waals surface area contributed by atoms with Crippen molar-refractivity contribution in [2.75, 3.05) is 18.0 Å². The largest absolute Gasteiger partial charge is 0.468 e. The molecule has 0 aromatic heterocycles. The predicted molar refractivity (Wildman–Crippen MR) is 95.8 cm³/mol. The molecule has 0 bridgehead atoms. The molecule has 29 heavy (non-hydrogen) atoms. The number of nitro benzene ring substituents is 1. The maximum Gasteiger partial charge on any atom is 0.416 e. The van der Waals surface area contributed by atoms with Crippen LogP contribution in [0.25, 0.3) is 0 Å². The lowest BCUT2D eigenvalue weighted by molar-refractivity contribution is -0.385. The van der Waals surface area contributed by atoms with Gasteiger partial charge in [0.2, 0.25) is 0 Å². The molecule has 0 N–H and O–H groups in total. The molecule has 0 aliphatic heterocycles. The molecule has 0 aliphatic carbocycles. The highest BCUT2D eigenvalue weighted by Gasteiger charge is 2.32. The molecule has 2 aromatic rings. The monoisotopic (exact) mass is 432 g/mol. The van der Waals surface area contributed by atoms with Crippen LogP contribution in [0.1, 0.15) is 11.1 Å². The Bertz CT molecular complexity index is 1040. The Morgan fingerprint density at radius 3 is 2.24 bits per heavy atom.